The van der Waals surface area contributed by atoms with Gasteiger partial charge in [-0.15, -0.1) is 0 Å². The minimum absolute atomic E-state index is 0.141. The molecule has 2 rings (SSSR count). The van der Waals surface area contributed by atoms with Gasteiger partial charge in [0, 0.05) is 5.69 Å². The fourth-order valence-corrected chi connectivity index (χ4v) is 2.68. The highest BCUT2D eigenvalue weighted by Crippen LogP contribution is 2.24. The number of benzene rings is 1. The predicted octanol–water partition coefficient (Wildman–Crippen LogP) is 4.14. The summed E-state index contributed by atoms with van der Waals surface area (Å²) in [6.45, 7) is 1.82. The lowest BCUT2D eigenvalue weighted by molar-refractivity contribution is -0.115. The van der Waals surface area contributed by atoms with Gasteiger partial charge in [0.25, 0.3) is 0 Å². The van der Waals surface area contributed by atoms with Crippen LogP contribution in [-0.4, -0.2) is 5.91 Å². The van der Waals surface area contributed by atoms with E-state index in [0.29, 0.717) is 16.6 Å². The fraction of sp³-hybridized carbons (Fsp3) is 0.154. The summed E-state index contributed by atoms with van der Waals surface area (Å²) >= 11 is 4.66. The van der Waals surface area contributed by atoms with Crippen molar-refractivity contribution in [3.05, 3.63) is 50.4 Å². The van der Waals surface area contributed by atoms with Crippen LogP contribution in [0.15, 0.2) is 33.4 Å². The highest BCUT2D eigenvalue weighted by atomic mass is 79.9. The molecular formula is C13H11BrFNOS. The van der Waals surface area contributed by atoms with E-state index in [1.54, 1.807) is 17.4 Å². The maximum Gasteiger partial charge on any atom is 0.228 e. The van der Waals surface area contributed by atoms with Crippen LogP contribution in [0.1, 0.15) is 11.1 Å². The van der Waals surface area contributed by atoms with Crippen LogP contribution < -0.4 is 5.32 Å². The maximum absolute atomic E-state index is 13.4. The zero-order valence-electron chi connectivity index (χ0n) is 9.67. The van der Waals surface area contributed by atoms with E-state index in [2.05, 4.69) is 21.2 Å². The summed E-state index contributed by atoms with van der Waals surface area (Å²) in [7, 11) is 0. The van der Waals surface area contributed by atoms with Crippen LogP contribution >= 0.6 is 27.3 Å². The molecule has 0 bridgehead atoms. The Hall–Kier alpha value is -1.20. The Morgan fingerprint density at radius 1 is 1.50 bits per heavy atom. The van der Waals surface area contributed by atoms with Crippen molar-refractivity contribution >= 4 is 38.9 Å². The van der Waals surface area contributed by atoms with Crippen LogP contribution in [0.3, 0.4) is 0 Å². The van der Waals surface area contributed by atoms with E-state index in [1.165, 1.54) is 6.07 Å². The van der Waals surface area contributed by atoms with Gasteiger partial charge in [0.15, 0.2) is 0 Å². The molecule has 1 heterocycles. The average Bonchev–Trinajstić information content (AvgIpc) is 2.78. The summed E-state index contributed by atoms with van der Waals surface area (Å²) in [6, 6.07) is 4.87. The fourth-order valence-electron chi connectivity index (χ4n) is 1.55. The Balaban J connectivity index is 2.09. The van der Waals surface area contributed by atoms with Crippen molar-refractivity contribution in [1.29, 1.82) is 0 Å². The summed E-state index contributed by atoms with van der Waals surface area (Å²) in [4.78, 5) is 11.8. The van der Waals surface area contributed by atoms with Crippen molar-refractivity contribution in [1.82, 2.24) is 0 Å². The Labute approximate surface area is 117 Å². The Morgan fingerprint density at radius 2 is 2.28 bits per heavy atom. The number of anilines is 1. The highest BCUT2D eigenvalue weighted by Gasteiger charge is 2.09. The predicted molar refractivity (Wildman–Crippen MR) is 75.5 cm³/mol. The summed E-state index contributed by atoms with van der Waals surface area (Å²) in [5.74, 6) is -0.523. The van der Waals surface area contributed by atoms with Crippen molar-refractivity contribution in [2.24, 2.45) is 0 Å². The van der Waals surface area contributed by atoms with Gasteiger partial charge in [0.2, 0.25) is 5.91 Å². The Morgan fingerprint density at radius 3 is 2.94 bits per heavy atom. The first-order valence-electron chi connectivity index (χ1n) is 5.33. The number of carbonyl (C=O) groups excluding carboxylic acids is 1. The molecule has 0 spiro atoms. The van der Waals surface area contributed by atoms with Crippen molar-refractivity contribution in [2.75, 3.05) is 5.32 Å². The highest BCUT2D eigenvalue weighted by molar-refractivity contribution is 9.10. The number of nitrogens with one attached hydrogen (secondary N) is 1. The van der Waals surface area contributed by atoms with Crippen LogP contribution in [0.2, 0.25) is 0 Å². The lowest BCUT2D eigenvalue weighted by Crippen LogP contribution is -2.15. The third kappa shape index (κ3) is 3.17. The second-order valence-corrected chi connectivity index (χ2v) is 5.57. The normalized spacial score (nSPS) is 10.4. The van der Waals surface area contributed by atoms with Gasteiger partial charge >= 0.3 is 0 Å². The first kappa shape index (κ1) is 13.2. The van der Waals surface area contributed by atoms with Crippen molar-refractivity contribution < 1.29 is 9.18 Å². The minimum atomic E-state index is -0.383. The summed E-state index contributed by atoms with van der Waals surface area (Å²) in [5, 5.41) is 6.57. The van der Waals surface area contributed by atoms with Gasteiger partial charge in [-0.25, -0.2) is 4.39 Å². The molecule has 0 saturated carbocycles. The van der Waals surface area contributed by atoms with Gasteiger partial charge in [-0.2, -0.15) is 11.3 Å². The monoisotopic (exact) mass is 327 g/mol. The molecule has 2 nitrogen and oxygen atoms in total. The molecule has 0 aliphatic heterocycles. The number of halogens is 2. The molecule has 1 aromatic heterocycles. The quantitative estimate of drug-likeness (QED) is 0.901. The summed E-state index contributed by atoms with van der Waals surface area (Å²) in [6.07, 6.45) is 0.306. The van der Waals surface area contributed by atoms with Crippen molar-refractivity contribution in [3.8, 4) is 0 Å². The lowest BCUT2D eigenvalue weighted by Gasteiger charge is -2.09. The number of hydrogen-bond acceptors (Lipinski definition) is 2. The SMILES string of the molecule is Cc1cc(Br)c(F)cc1NC(=O)Cc1ccsc1. The molecule has 18 heavy (non-hydrogen) atoms. The largest absolute Gasteiger partial charge is 0.325 e. The van der Waals surface area contributed by atoms with E-state index in [9.17, 15) is 9.18 Å². The second kappa shape index (κ2) is 5.63. The second-order valence-electron chi connectivity index (χ2n) is 3.94. The van der Waals surface area contributed by atoms with Gasteiger partial charge in [0.1, 0.15) is 5.82 Å². The molecule has 1 amide bonds. The summed E-state index contributed by atoms with van der Waals surface area (Å²) in [5.41, 5.74) is 2.30. The van der Waals surface area contributed by atoms with E-state index in [0.717, 1.165) is 11.1 Å². The Kier molecular flexibility index (Phi) is 4.14. The molecule has 0 radical (unpaired) electrons. The van der Waals surface area contributed by atoms with Crippen LogP contribution in [0, 0.1) is 12.7 Å². The number of carbonyl (C=O) groups is 1. The molecule has 0 aliphatic carbocycles. The van der Waals surface area contributed by atoms with Crippen LogP contribution in [0.25, 0.3) is 0 Å². The lowest BCUT2D eigenvalue weighted by atomic mass is 10.2. The summed E-state index contributed by atoms with van der Waals surface area (Å²) < 4.78 is 13.8. The van der Waals surface area contributed by atoms with Crippen LogP contribution in [0.5, 0.6) is 0 Å². The molecule has 2 aromatic rings. The number of hydrogen-bond donors (Lipinski definition) is 1. The van der Waals surface area contributed by atoms with Crippen molar-refractivity contribution in [2.45, 2.75) is 13.3 Å². The minimum Gasteiger partial charge on any atom is -0.325 e. The van der Waals surface area contributed by atoms with Gasteiger partial charge in [-0.05, 0) is 62.9 Å². The van der Waals surface area contributed by atoms with E-state index >= 15 is 0 Å². The molecule has 5 heteroatoms. The van der Waals surface area contributed by atoms with E-state index in [1.807, 2.05) is 23.8 Å². The van der Waals surface area contributed by atoms with Gasteiger partial charge in [0.05, 0.1) is 10.9 Å². The first-order valence-corrected chi connectivity index (χ1v) is 7.06. The molecule has 94 valence electrons. The average molecular weight is 328 g/mol. The number of thiophene rings is 1. The zero-order valence-corrected chi connectivity index (χ0v) is 12.1. The number of amides is 1. The zero-order chi connectivity index (χ0) is 13.1. The molecule has 0 saturated heterocycles. The van der Waals surface area contributed by atoms with Crippen LogP contribution in [0.4, 0.5) is 10.1 Å². The van der Waals surface area contributed by atoms with Crippen LogP contribution in [-0.2, 0) is 11.2 Å². The number of aryl methyl sites for hydroxylation is 1. The first-order chi connectivity index (χ1) is 8.56. The third-order valence-electron chi connectivity index (χ3n) is 2.49. The van der Waals surface area contributed by atoms with E-state index in [-0.39, 0.29) is 11.7 Å². The van der Waals surface area contributed by atoms with Gasteiger partial charge < -0.3 is 5.32 Å². The molecule has 0 aliphatic rings. The van der Waals surface area contributed by atoms with Gasteiger partial charge in [-0.3, -0.25) is 4.79 Å². The van der Waals surface area contributed by atoms with Crippen molar-refractivity contribution in [3.63, 3.8) is 0 Å². The topological polar surface area (TPSA) is 29.1 Å². The van der Waals surface area contributed by atoms with Gasteiger partial charge in [-0.1, -0.05) is 0 Å². The number of rotatable bonds is 3. The smallest absolute Gasteiger partial charge is 0.228 e. The molecular weight excluding hydrogens is 317 g/mol. The molecule has 0 unspecified atom stereocenters. The molecule has 1 aromatic carbocycles. The van der Waals surface area contributed by atoms with E-state index < -0.39 is 0 Å². The molecule has 1 N–H and O–H groups in total. The standard InChI is InChI=1S/C13H11BrFNOS/c1-8-4-10(14)11(15)6-12(8)16-13(17)5-9-2-3-18-7-9/h2-4,6-7H,5H2,1H3,(H,16,17). The third-order valence-corrected chi connectivity index (χ3v) is 3.83. The molecule has 0 fully saturated rings. The van der Waals surface area contributed by atoms with E-state index in [4.69, 9.17) is 0 Å². The maximum atomic E-state index is 13.4. The molecule has 0 atom stereocenters. The Bertz CT molecular complexity index is 569.